The van der Waals surface area contributed by atoms with Crippen molar-refractivity contribution in [3.8, 4) is 5.75 Å². The summed E-state index contributed by atoms with van der Waals surface area (Å²) in [5, 5.41) is 10.3. The number of ether oxygens (including phenoxy) is 1. The molecule has 1 aromatic carbocycles. The molecule has 0 saturated carbocycles. The van der Waals surface area contributed by atoms with Crippen LogP contribution in [0.25, 0.3) is 0 Å². The van der Waals surface area contributed by atoms with Crippen LogP contribution in [0.3, 0.4) is 0 Å². The average molecular weight is 439 g/mol. The van der Waals surface area contributed by atoms with Crippen LogP contribution in [0.15, 0.2) is 22.5 Å². The molecule has 0 spiro atoms. The van der Waals surface area contributed by atoms with E-state index in [4.69, 9.17) is 4.74 Å². The van der Waals surface area contributed by atoms with Crippen molar-refractivity contribution in [3.05, 3.63) is 29.3 Å². The first-order valence-corrected chi connectivity index (χ1v) is 11.5. The predicted molar refractivity (Wildman–Crippen MR) is 112 cm³/mol. The highest BCUT2D eigenvalue weighted by molar-refractivity contribution is 7.91. The van der Waals surface area contributed by atoms with E-state index >= 15 is 0 Å². The Balaban J connectivity index is 1.85. The third-order valence-corrected chi connectivity index (χ3v) is 7.14. The Labute approximate surface area is 175 Å². The van der Waals surface area contributed by atoms with Crippen LogP contribution in [0, 0.1) is 12.3 Å². The lowest BCUT2D eigenvalue weighted by molar-refractivity contribution is -0.123. The van der Waals surface area contributed by atoms with E-state index < -0.39 is 27.1 Å². The van der Waals surface area contributed by atoms with Crippen LogP contribution in [0.2, 0.25) is 0 Å². The second-order valence-electron chi connectivity index (χ2n) is 8.86. The Bertz CT molecular complexity index is 1040. The lowest BCUT2D eigenvalue weighted by Crippen LogP contribution is -2.41. The van der Waals surface area contributed by atoms with Gasteiger partial charge in [0.25, 0.3) is 10.0 Å². The molecule has 0 aliphatic carbocycles. The van der Waals surface area contributed by atoms with Gasteiger partial charge in [-0.1, -0.05) is 49.8 Å². The highest BCUT2D eigenvalue weighted by Gasteiger charge is 2.37. The second-order valence-corrected chi connectivity index (χ2v) is 11.7. The van der Waals surface area contributed by atoms with E-state index in [1.54, 1.807) is 20.8 Å². The van der Waals surface area contributed by atoms with Crippen LogP contribution in [-0.2, 0) is 14.8 Å². The number of aromatic nitrogens is 2. The van der Waals surface area contributed by atoms with Crippen LogP contribution < -0.4 is 14.8 Å². The van der Waals surface area contributed by atoms with Crippen molar-refractivity contribution in [2.24, 2.45) is 5.41 Å². The molecule has 8 nitrogen and oxygen atoms in total. The number of anilines is 1. The lowest BCUT2D eigenvalue weighted by atomic mass is 9.89. The Morgan fingerprint density at radius 2 is 1.97 bits per heavy atom. The maximum absolute atomic E-state index is 12.9. The van der Waals surface area contributed by atoms with E-state index in [2.05, 4.69) is 20.2 Å². The molecule has 0 radical (unpaired) electrons. The Hall–Kier alpha value is -2.04. The van der Waals surface area contributed by atoms with Crippen molar-refractivity contribution in [1.82, 2.24) is 14.9 Å². The first kappa shape index (κ1) is 21.7. The fourth-order valence-corrected chi connectivity index (χ4v) is 5.10. The molecule has 29 heavy (non-hydrogen) atoms. The molecule has 1 atom stereocenters. The van der Waals surface area contributed by atoms with Crippen molar-refractivity contribution in [2.45, 2.75) is 63.9 Å². The van der Waals surface area contributed by atoms with Crippen LogP contribution >= 0.6 is 11.3 Å². The third-order valence-electron chi connectivity index (χ3n) is 4.46. The van der Waals surface area contributed by atoms with E-state index in [1.165, 1.54) is 0 Å². The number of hydrogen-bond donors (Lipinski definition) is 2. The fraction of sp³-hybridized carbons (Fsp3) is 0.526. The molecule has 0 bridgehead atoms. The summed E-state index contributed by atoms with van der Waals surface area (Å²) < 4.78 is 34.4. The molecule has 158 valence electrons. The highest BCUT2D eigenvalue weighted by Crippen LogP contribution is 2.40. The Morgan fingerprint density at radius 1 is 1.28 bits per heavy atom. The fourth-order valence-electron chi connectivity index (χ4n) is 2.97. The smallest absolute Gasteiger partial charge is 0.270 e. The summed E-state index contributed by atoms with van der Waals surface area (Å²) in [5.74, 6) is 0.399. The van der Waals surface area contributed by atoms with Gasteiger partial charge in [0.15, 0.2) is 0 Å². The molecule has 0 fully saturated rings. The number of aryl methyl sites for hydroxylation is 1. The van der Waals surface area contributed by atoms with Gasteiger partial charge < -0.3 is 10.1 Å². The van der Waals surface area contributed by atoms with Crippen LogP contribution in [0.5, 0.6) is 5.75 Å². The number of nitrogens with one attached hydrogen (secondary N) is 2. The first-order chi connectivity index (χ1) is 13.3. The monoisotopic (exact) mass is 438 g/mol. The summed E-state index contributed by atoms with van der Waals surface area (Å²) in [4.78, 5) is 12.1. The van der Waals surface area contributed by atoms with Crippen molar-refractivity contribution >= 4 is 32.4 Å². The van der Waals surface area contributed by atoms with E-state index in [9.17, 15) is 13.2 Å². The molecule has 3 rings (SSSR count). The van der Waals surface area contributed by atoms with Crippen molar-refractivity contribution in [1.29, 1.82) is 0 Å². The quantitative estimate of drug-likeness (QED) is 0.708. The van der Waals surface area contributed by atoms with Gasteiger partial charge >= 0.3 is 0 Å². The first-order valence-electron chi connectivity index (χ1n) is 9.24. The van der Waals surface area contributed by atoms with Gasteiger partial charge in [-0.05, 0) is 26.8 Å². The molecule has 1 aliphatic rings. The summed E-state index contributed by atoms with van der Waals surface area (Å²) in [6.45, 7) is 11.1. The third kappa shape index (κ3) is 4.93. The number of sulfonamides is 1. The molecule has 1 unspecified atom stereocenters. The lowest BCUT2D eigenvalue weighted by Gasteiger charge is -2.37. The molecule has 1 aromatic heterocycles. The molecular weight excluding hydrogens is 412 g/mol. The van der Waals surface area contributed by atoms with Gasteiger partial charge in [0.2, 0.25) is 15.4 Å². The molecule has 2 N–H and O–H groups in total. The van der Waals surface area contributed by atoms with Gasteiger partial charge in [0.05, 0.1) is 6.04 Å². The van der Waals surface area contributed by atoms with Gasteiger partial charge in [0, 0.05) is 17.4 Å². The highest BCUT2D eigenvalue weighted by atomic mass is 32.2. The summed E-state index contributed by atoms with van der Waals surface area (Å²) >= 11 is 0.821. The average Bonchev–Trinajstić information content (AvgIpc) is 3.03. The van der Waals surface area contributed by atoms with Crippen molar-refractivity contribution in [3.63, 3.8) is 0 Å². The molecule has 2 heterocycles. The van der Waals surface area contributed by atoms with Crippen LogP contribution in [0.4, 0.5) is 5.13 Å². The normalized spacial score (nSPS) is 18.6. The van der Waals surface area contributed by atoms with Crippen LogP contribution in [0.1, 0.15) is 58.2 Å². The number of nitrogens with zero attached hydrogens (tertiary/aromatic N) is 2. The van der Waals surface area contributed by atoms with Gasteiger partial charge in [-0.2, -0.15) is 0 Å². The SMILES string of the molecule is Cc1ccc2c(c1)C(NS(=O)(=O)c1nnc(NC(=O)C(C)(C)C)s1)CC(C)(C)O2. The van der Waals surface area contributed by atoms with Gasteiger partial charge in [0.1, 0.15) is 11.4 Å². The maximum atomic E-state index is 12.9. The molecule has 2 aromatic rings. The van der Waals surface area contributed by atoms with Gasteiger partial charge in [-0.25, -0.2) is 13.1 Å². The molecule has 1 amide bonds. The van der Waals surface area contributed by atoms with Crippen molar-refractivity contribution < 1.29 is 17.9 Å². The van der Waals surface area contributed by atoms with E-state index in [-0.39, 0.29) is 15.4 Å². The Morgan fingerprint density at radius 3 is 2.62 bits per heavy atom. The van der Waals surface area contributed by atoms with E-state index in [0.29, 0.717) is 12.2 Å². The van der Waals surface area contributed by atoms with Crippen LogP contribution in [-0.4, -0.2) is 30.1 Å². The maximum Gasteiger partial charge on any atom is 0.270 e. The van der Waals surface area contributed by atoms with E-state index in [1.807, 2.05) is 39.0 Å². The molecular formula is C19H26N4O4S2. The zero-order valence-electron chi connectivity index (χ0n) is 17.4. The minimum absolute atomic E-state index is 0.147. The second kappa shape index (κ2) is 7.33. The van der Waals surface area contributed by atoms with Gasteiger partial charge in [-0.3, -0.25) is 4.79 Å². The summed E-state index contributed by atoms with van der Waals surface area (Å²) in [6, 6.07) is 5.25. The topological polar surface area (TPSA) is 110 Å². The molecule has 1 aliphatic heterocycles. The Kier molecular flexibility index (Phi) is 5.48. The number of carbonyl (C=O) groups excluding carboxylic acids is 1. The molecule has 10 heteroatoms. The minimum atomic E-state index is -3.93. The predicted octanol–water partition coefficient (Wildman–Crippen LogP) is 3.41. The van der Waals surface area contributed by atoms with Gasteiger partial charge in [-0.15, -0.1) is 10.2 Å². The summed E-state index contributed by atoms with van der Waals surface area (Å²) in [7, 11) is -3.93. The number of benzene rings is 1. The number of fused-ring (bicyclic) bond motifs is 1. The standard InChI is InChI=1S/C19H26N4O4S2/c1-11-7-8-14-12(9-11)13(10-19(5,6)27-14)23-29(25,26)17-22-21-16(28-17)20-15(24)18(2,3)4/h7-9,13,23H,10H2,1-6H3,(H,20,21,24). The van der Waals surface area contributed by atoms with E-state index in [0.717, 1.165) is 22.5 Å². The summed E-state index contributed by atoms with van der Waals surface area (Å²) in [5.41, 5.74) is 0.652. The zero-order chi connectivity index (χ0) is 21.6. The minimum Gasteiger partial charge on any atom is -0.487 e. The zero-order valence-corrected chi connectivity index (χ0v) is 19.0. The largest absolute Gasteiger partial charge is 0.487 e. The number of hydrogen-bond acceptors (Lipinski definition) is 7. The number of amides is 1. The molecule has 0 saturated heterocycles. The number of rotatable bonds is 4. The van der Waals surface area contributed by atoms with Crippen molar-refractivity contribution in [2.75, 3.05) is 5.32 Å². The summed E-state index contributed by atoms with van der Waals surface area (Å²) in [6.07, 6.45) is 0.467. The number of carbonyl (C=O) groups is 1.